The van der Waals surface area contributed by atoms with E-state index in [1.165, 1.54) is 16.7 Å². The van der Waals surface area contributed by atoms with E-state index in [1.807, 2.05) is 12.3 Å². The van der Waals surface area contributed by atoms with Crippen molar-refractivity contribution in [1.82, 2.24) is 4.98 Å². The summed E-state index contributed by atoms with van der Waals surface area (Å²) in [6.45, 7) is 6.25. The average Bonchev–Trinajstić information content (AvgIpc) is 2.28. The molecule has 0 radical (unpaired) electrons. The summed E-state index contributed by atoms with van der Waals surface area (Å²) in [6.07, 6.45) is 1.81. The zero-order valence-electron chi connectivity index (χ0n) is 10.2. The van der Waals surface area contributed by atoms with Crippen LogP contribution in [0.25, 0.3) is 0 Å². The van der Waals surface area contributed by atoms with Gasteiger partial charge in [-0.25, -0.2) is 4.98 Å². The maximum atomic E-state index is 4.34. The van der Waals surface area contributed by atoms with Gasteiger partial charge < -0.3 is 5.32 Å². The van der Waals surface area contributed by atoms with Gasteiger partial charge in [0, 0.05) is 11.9 Å². The van der Waals surface area contributed by atoms with E-state index in [9.17, 15) is 0 Å². The van der Waals surface area contributed by atoms with Crippen LogP contribution in [0.1, 0.15) is 16.7 Å². The normalized spacial score (nSPS) is 10.4. The first-order valence-corrected chi connectivity index (χ1v) is 6.32. The van der Waals surface area contributed by atoms with Gasteiger partial charge in [-0.3, -0.25) is 0 Å². The van der Waals surface area contributed by atoms with Crippen molar-refractivity contribution < 1.29 is 0 Å². The molecule has 0 saturated carbocycles. The Morgan fingerprint density at radius 2 is 1.82 bits per heavy atom. The molecular formula is C14H15BrN2. The molecule has 17 heavy (non-hydrogen) atoms. The Morgan fingerprint density at radius 3 is 2.53 bits per heavy atom. The number of hydrogen-bond donors (Lipinski definition) is 1. The Bertz CT molecular complexity index is 550. The quantitative estimate of drug-likeness (QED) is 0.880. The number of halogens is 1. The molecule has 0 fully saturated rings. The number of benzene rings is 1. The zero-order chi connectivity index (χ0) is 12.4. The van der Waals surface area contributed by atoms with Crippen LogP contribution in [0.5, 0.6) is 0 Å². The lowest BCUT2D eigenvalue weighted by atomic mass is 10.1. The smallest absolute Gasteiger partial charge is 0.144 e. The Labute approximate surface area is 110 Å². The number of rotatable bonds is 2. The highest BCUT2D eigenvalue weighted by atomic mass is 79.9. The van der Waals surface area contributed by atoms with Crippen molar-refractivity contribution in [1.29, 1.82) is 0 Å². The van der Waals surface area contributed by atoms with Crippen molar-refractivity contribution in [2.24, 2.45) is 0 Å². The summed E-state index contributed by atoms with van der Waals surface area (Å²) in [5.41, 5.74) is 4.76. The van der Waals surface area contributed by atoms with Gasteiger partial charge in [-0.1, -0.05) is 17.7 Å². The lowest BCUT2D eigenvalue weighted by Gasteiger charge is -2.11. The summed E-state index contributed by atoms with van der Waals surface area (Å²) < 4.78 is 1.01. The van der Waals surface area contributed by atoms with E-state index < -0.39 is 0 Å². The first kappa shape index (κ1) is 12.1. The topological polar surface area (TPSA) is 24.9 Å². The predicted octanol–water partition coefficient (Wildman–Crippen LogP) is 4.51. The van der Waals surface area contributed by atoms with Crippen LogP contribution >= 0.6 is 15.9 Å². The molecule has 1 heterocycles. The molecule has 0 aliphatic carbocycles. The van der Waals surface area contributed by atoms with E-state index in [1.54, 1.807) is 0 Å². The Hall–Kier alpha value is -1.35. The highest BCUT2D eigenvalue weighted by Crippen LogP contribution is 2.27. The van der Waals surface area contributed by atoms with Crippen LogP contribution in [0.3, 0.4) is 0 Å². The molecule has 1 N–H and O–H groups in total. The van der Waals surface area contributed by atoms with E-state index in [2.05, 4.69) is 65.2 Å². The van der Waals surface area contributed by atoms with E-state index in [-0.39, 0.29) is 0 Å². The Kier molecular flexibility index (Phi) is 3.48. The molecule has 88 valence electrons. The van der Waals surface area contributed by atoms with Crippen LogP contribution < -0.4 is 5.32 Å². The van der Waals surface area contributed by atoms with Gasteiger partial charge in [0.15, 0.2) is 0 Å². The van der Waals surface area contributed by atoms with Crippen molar-refractivity contribution in [2.75, 3.05) is 5.32 Å². The number of aryl methyl sites for hydroxylation is 3. The number of anilines is 2. The summed E-state index contributed by atoms with van der Waals surface area (Å²) in [6, 6.07) is 8.32. The summed E-state index contributed by atoms with van der Waals surface area (Å²) in [4.78, 5) is 4.34. The minimum absolute atomic E-state index is 0.858. The molecular weight excluding hydrogens is 276 g/mol. The molecule has 3 heteroatoms. The highest BCUT2D eigenvalue weighted by Gasteiger charge is 2.05. The number of aromatic nitrogens is 1. The molecule has 2 rings (SSSR count). The van der Waals surface area contributed by atoms with E-state index >= 15 is 0 Å². The first-order chi connectivity index (χ1) is 8.08. The standard InChI is InChI=1S/C14H15BrN2/c1-9-4-5-12(11(3)8-9)17-14-13(15)10(2)6-7-16-14/h4-8H,1-3H3,(H,16,17). The second kappa shape index (κ2) is 4.88. The fourth-order valence-electron chi connectivity index (χ4n) is 1.71. The first-order valence-electron chi connectivity index (χ1n) is 5.53. The van der Waals surface area contributed by atoms with Crippen molar-refractivity contribution in [2.45, 2.75) is 20.8 Å². The van der Waals surface area contributed by atoms with Gasteiger partial charge in [-0.2, -0.15) is 0 Å². The third kappa shape index (κ3) is 2.67. The van der Waals surface area contributed by atoms with Crippen molar-refractivity contribution in [3.63, 3.8) is 0 Å². The second-order valence-corrected chi connectivity index (χ2v) is 5.03. The largest absolute Gasteiger partial charge is 0.339 e. The molecule has 0 saturated heterocycles. The van der Waals surface area contributed by atoms with Gasteiger partial charge in [-0.15, -0.1) is 0 Å². The van der Waals surface area contributed by atoms with Gasteiger partial charge in [0.05, 0.1) is 4.47 Å². The fraction of sp³-hybridized carbons (Fsp3) is 0.214. The molecule has 2 nitrogen and oxygen atoms in total. The predicted molar refractivity (Wildman–Crippen MR) is 75.9 cm³/mol. The van der Waals surface area contributed by atoms with E-state index in [4.69, 9.17) is 0 Å². The molecule has 0 aliphatic rings. The molecule has 0 spiro atoms. The van der Waals surface area contributed by atoms with Crippen LogP contribution in [0.2, 0.25) is 0 Å². The zero-order valence-corrected chi connectivity index (χ0v) is 11.8. The number of pyridine rings is 1. The lowest BCUT2D eigenvalue weighted by molar-refractivity contribution is 1.24. The number of nitrogens with one attached hydrogen (secondary N) is 1. The minimum Gasteiger partial charge on any atom is -0.339 e. The van der Waals surface area contributed by atoms with Gasteiger partial charge in [0.2, 0.25) is 0 Å². The molecule has 0 amide bonds. The summed E-state index contributed by atoms with van der Waals surface area (Å²) >= 11 is 3.55. The molecule has 2 aromatic rings. The van der Waals surface area contributed by atoms with Crippen molar-refractivity contribution >= 4 is 27.4 Å². The lowest BCUT2D eigenvalue weighted by Crippen LogP contribution is -1.97. The van der Waals surface area contributed by atoms with Gasteiger partial charge in [0.25, 0.3) is 0 Å². The molecule has 1 aromatic carbocycles. The van der Waals surface area contributed by atoms with Crippen LogP contribution in [-0.2, 0) is 0 Å². The third-order valence-corrected chi connectivity index (χ3v) is 3.72. The van der Waals surface area contributed by atoms with Crippen LogP contribution in [0.4, 0.5) is 11.5 Å². The number of hydrogen-bond acceptors (Lipinski definition) is 2. The van der Waals surface area contributed by atoms with Crippen molar-refractivity contribution in [3.8, 4) is 0 Å². The maximum Gasteiger partial charge on any atom is 0.144 e. The van der Waals surface area contributed by atoms with Crippen LogP contribution in [0.15, 0.2) is 34.9 Å². The summed E-state index contributed by atoms with van der Waals surface area (Å²) in [5, 5.41) is 3.35. The second-order valence-electron chi connectivity index (χ2n) is 4.23. The molecule has 0 aliphatic heterocycles. The van der Waals surface area contributed by atoms with Gasteiger partial charge >= 0.3 is 0 Å². The molecule has 0 atom stereocenters. The van der Waals surface area contributed by atoms with Gasteiger partial charge in [-0.05, 0) is 60.0 Å². The molecule has 0 bridgehead atoms. The highest BCUT2D eigenvalue weighted by molar-refractivity contribution is 9.10. The Morgan fingerprint density at radius 1 is 1.06 bits per heavy atom. The van der Waals surface area contributed by atoms with Crippen LogP contribution in [0, 0.1) is 20.8 Å². The third-order valence-electron chi connectivity index (χ3n) is 2.72. The molecule has 0 unspecified atom stereocenters. The maximum absolute atomic E-state index is 4.34. The van der Waals surface area contributed by atoms with Crippen molar-refractivity contribution in [3.05, 3.63) is 51.6 Å². The van der Waals surface area contributed by atoms with E-state index in [0.717, 1.165) is 16.0 Å². The SMILES string of the molecule is Cc1ccc(Nc2nccc(C)c2Br)c(C)c1. The number of nitrogens with zero attached hydrogens (tertiary/aromatic N) is 1. The molecule has 1 aromatic heterocycles. The fourth-order valence-corrected chi connectivity index (χ4v) is 2.04. The van der Waals surface area contributed by atoms with Crippen LogP contribution in [-0.4, -0.2) is 4.98 Å². The van der Waals surface area contributed by atoms with E-state index in [0.29, 0.717) is 0 Å². The summed E-state index contributed by atoms with van der Waals surface area (Å²) in [5.74, 6) is 0.858. The monoisotopic (exact) mass is 290 g/mol. The Balaban J connectivity index is 2.35. The minimum atomic E-state index is 0.858. The summed E-state index contributed by atoms with van der Waals surface area (Å²) in [7, 11) is 0. The average molecular weight is 291 g/mol. The van der Waals surface area contributed by atoms with Gasteiger partial charge in [0.1, 0.15) is 5.82 Å².